The van der Waals surface area contributed by atoms with Crippen LogP contribution < -0.4 is 5.32 Å². The van der Waals surface area contributed by atoms with Crippen LogP contribution in [0.1, 0.15) is 89.5 Å². The van der Waals surface area contributed by atoms with Crippen molar-refractivity contribution in [2.24, 2.45) is 16.3 Å². The predicted molar refractivity (Wildman–Crippen MR) is 131 cm³/mol. The number of aliphatic hydroxyl groups excluding tert-OH is 1. The Kier molecular flexibility index (Phi) is 22.8. The Morgan fingerprint density at radius 3 is 2.00 bits per heavy atom. The fourth-order valence-electron chi connectivity index (χ4n) is 3.72. The quantitative estimate of drug-likeness (QED) is 0.171. The molecule has 0 bridgehead atoms. The molecule has 0 spiro atoms. The third-order valence-electron chi connectivity index (χ3n) is 5.44. The van der Waals surface area contributed by atoms with Gasteiger partial charge in [0.15, 0.2) is 5.34 Å². The van der Waals surface area contributed by atoms with Crippen LogP contribution in [0.4, 0.5) is 0 Å². The van der Waals surface area contributed by atoms with Crippen molar-refractivity contribution in [3.8, 4) is 0 Å². The van der Waals surface area contributed by atoms with Crippen LogP contribution in [-0.4, -0.2) is 36.3 Å². The molecule has 1 aromatic carbocycles. The number of rotatable bonds is 15. The maximum Gasteiger partial charge on any atom is 0.152 e. The number of aliphatic imine (C=N–C) groups is 1. The van der Waals surface area contributed by atoms with Crippen LogP contribution in [0.3, 0.4) is 0 Å². The lowest BCUT2D eigenvalue weighted by Crippen LogP contribution is -2.07. The molecule has 0 radical (unpaired) electrons. The van der Waals surface area contributed by atoms with Crippen LogP contribution in [0.15, 0.2) is 40.7 Å². The first-order chi connectivity index (χ1) is 15.3. The van der Waals surface area contributed by atoms with Crippen LogP contribution in [0, 0.1) is 10.8 Å². The molecule has 0 aromatic heterocycles. The van der Waals surface area contributed by atoms with Gasteiger partial charge in [0.1, 0.15) is 0 Å². The second-order valence-corrected chi connectivity index (χ2v) is 8.11. The molecule has 0 saturated heterocycles. The highest BCUT2D eigenvalue weighted by atomic mass is 16.6. The first-order valence-electron chi connectivity index (χ1n) is 12.1. The normalized spacial score (nSPS) is 12.7. The van der Waals surface area contributed by atoms with Crippen molar-refractivity contribution in [1.29, 1.82) is 0 Å². The highest BCUT2D eigenvalue weighted by Crippen LogP contribution is 2.20. The molecule has 0 aliphatic carbocycles. The average Bonchev–Trinajstić information content (AvgIpc) is 3.37. The Morgan fingerprint density at radius 2 is 1.55 bits per heavy atom. The minimum Gasteiger partial charge on any atom is -0.396 e. The molecular weight excluding hydrogens is 390 g/mol. The molecule has 0 fully saturated rings. The molecule has 31 heavy (non-hydrogen) atoms. The lowest BCUT2D eigenvalue weighted by molar-refractivity contribution is 0.249. The van der Waals surface area contributed by atoms with Crippen molar-refractivity contribution in [3.63, 3.8) is 0 Å². The Balaban J connectivity index is 0.000000942. The Morgan fingerprint density at radius 1 is 0.968 bits per heavy atom. The molecule has 3 N–H and O–H groups in total. The van der Waals surface area contributed by atoms with E-state index in [1.54, 1.807) is 6.34 Å². The third-order valence-corrected chi connectivity index (χ3v) is 5.44. The van der Waals surface area contributed by atoms with Gasteiger partial charge in [-0.1, -0.05) is 108 Å². The number of hydrogen-bond donors (Lipinski definition) is 3. The monoisotopic (exact) mass is 435 g/mol. The highest BCUT2D eigenvalue weighted by Gasteiger charge is 2.09. The van der Waals surface area contributed by atoms with Gasteiger partial charge in [-0.2, -0.15) is 0 Å². The minimum absolute atomic E-state index is 0.329. The standard InChI is InChI=1S/C22H38O.C3H6N2.HNO2/c1-2-3-4-5-6-7-8-9-10-12-17-22(18-19-23)20-21-15-13-11-14-16-21;1-2-5-3-4-1;2-1-3/h11,13-16,22-23H,2-10,12,17-20H2,1H3;3H,1-2H2,(H,4,5);(H,2,3). The minimum atomic E-state index is 0.329. The first-order valence-corrected chi connectivity index (χ1v) is 12.1. The van der Waals surface area contributed by atoms with Crippen molar-refractivity contribution in [3.05, 3.63) is 40.8 Å². The molecule has 1 heterocycles. The molecule has 1 aliphatic heterocycles. The summed E-state index contributed by atoms with van der Waals surface area (Å²) in [7, 11) is 0. The van der Waals surface area contributed by atoms with Crippen LogP contribution in [-0.2, 0) is 6.42 Å². The van der Waals surface area contributed by atoms with E-state index in [1.807, 2.05) is 0 Å². The summed E-state index contributed by atoms with van der Waals surface area (Å²) >= 11 is 0. The van der Waals surface area contributed by atoms with Crippen LogP contribution in [0.2, 0.25) is 0 Å². The zero-order chi connectivity index (χ0) is 22.8. The summed E-state index contributed by atoms with van der Waals surface area (Å²) in [6, 6.07) is 10.7. The van der Waals surface area contributed by atoms with E-state index < -0.39 is 0 Å². The fourth-order valence-corrected chi connectivity index (χ4v) is 3.72. The number of hydrogen-bond acceptors (Lipinski definition) is 5. The van der Waals surface area contributed by atoms with Crippen molar-refractivity contribution in [1.82, 2.24) is 5.32 Å². The summed E-state index contributed by atoms with van der Waals surface area (Å²) in [4.78, 5) is 12.0. The number of unbranched alkanes of at least 4 members (excludes halogenated alkanes) is 9. The van der Waals surface area contributed by atoms with Crippen molar-refractivity contribution < 1.29 is 10.3 Å². The summed E-state index contributed by atoms with van der Waals surface area (Å²) in [5.41, 5.74) is 1.41. The Bertz CT molecular complexity index is 506. The Hall–Kier alpha value is -1.95. The van der Waals surface area contributed by atoms with Crippen LogP contribution >= 0.6 is 0 Å². The zero-order valence-electron chi connectivity index (χ0n) is 19.6. The lowest BCUT2D eigenvalue weighted by atomic mass is 9.91. The van der Waals surface area contributed by atoms with Crippen molar-refractivity contribution in [2.45, 2.75) is 90.4 Å². The van der Waals surface area contributed by atoms with Gasteiger partial charge in [0.05, 0.1) is 12.9 Å². The number of aliphatic hydroxyl groups is 1. The van der Waals surface area contributed by atoms with E-state index >= 15 is 0 Å². The van der Waals surface area contributed by atoms with Gasteiger partial charge in [0.25, 0.3) is 0 Å². The maximum absolute atomic E-state index is 9.28. The van der Waals surface area contributed by atoms with E-state index in [2.05, 4.69) is 47.6 Å². The number of nitrogens with zero attached hydrogens (tertiary/aromatic N) is 2. The number of benzene rings is 1. The van der Waals surface area contributed by atoms with Crippen LogP contribution in [0.5, 0.6) is 0 Å². The molecular formula is C25H45N3O3. The van der Waals surface area contributed by atoms with Gasteiger partial charge < -0.3 is 15.6 Å². The van der Waals surface area contributed by atoms with Gasteiger partial charge in [-0.3, -0.25) is 4.99 Å². The molecule has 0 amide bonds. The Labute approximate surface area is 189 Å². The second-order valence-electron chi connectivity index (χ2n) is 8.11. The SMILES string of the molecule is C1=NCCN1.CCCCCCCCCCCCC(CCO)Cc1ccccc1.O=NO. The fraction of sp³-hybridized carbons (Fsp3) is 0.720. The van der Waals surface area contributed by atoms with Crippen molar-refractivity contribution in [2.75, 3.05) is 19.7 Å². The first kappa shape index (κ1) is 29.1. The topological polar surface area (TPSA) is 94.3 Å². The smallest absolute Gasteiger partial charge is 0.152 e. The van der Waals surface area contributed by atoms with Gasteiger partial charge in [-0.05, 0) is 24.3 Å². The average molecular weight is 436 g/mol. The van der Waals surface area contributed by atoms with Gasteiger partial charge in [0.2, 0.25) is 0 Å². The molecule has 1 unspecified atom stereocenters. The maximum atomic E-state index is 9.28. The molecule has 6 nitrogen and oxygen atoms in total. The van der Waals surface area contributed by atoms with E-state index in [1.165, 1.54) is 81.5 Å². The molecule has 1 aliphatic rings. The second kappa shape index (κ2) is 24.3. The lowest BCUT2D eigenvalue weighted by Gasteiger charge is -2.15. The van der Waals surface area contributed by atoms with Gasteiger partial charge in [-0.25, -0.2) is 0 Å². The van der Waals surface area contributed by atoms with Crippen LogP contribution in [0.25, 0.3) is 0 Å². The van der Waals surface area contributed by atoms with E-state index in [0.29, 0.717) is 12.5 Å². The summed E-state index contributed by atoms with van der Waals surface area (Å²) in [5, 5.41) is 20.1. The molecule has 178 valence electrons. The summed E-state index contributed by atoms with van der Waals surface area (Å²) in [6.45, 7) is 4.59. The van der Waals surface area contributed by atoms with Gasteiger partial charge >= 0.3 is 0 Å². The van der Waals surface area contributed by atoms with Gasteiger partial charge in [-0.15, -0.1) is 4.91 Å². The summed E-state index contributed by atoms with van der Waals surface area (Å²) in [5.74, 6) is 0.649. The van der Waals surface area contributed by atoms with E-state index in [9.17, 15) is 5.11 Å². The summed E-state index contributed by atoms with van der Waals surface area (Å²) < 4.78 is 0. The van der Waals surface area contributed by atoms with Crippen molar-refractivity contribution >= 4 is 6.34 Å². The summed E-state index contributed by atoms with van der Waals surface area (Å²) in [6.07, 6.45) is 19.1. The largest absolute Gasteiger partial charge is 0.396 e. The molecule has 0 saturated carbocycles. The van der Waals surface area contributed by atoms with E-state index in [4.69, 9.17) is 10.1 Å². The number of nitrogens with one attached hydrogen (secondary N) is 1. The molecule has 1 aromatic rings. The highest BCUT2D eigenvalue weighted by molar-refractivity contribution is 5.56. The molecule has 2 rings (SSSR count). The predicted octanol–water partition coefficient (Wildman–Crippen LogP) is 6.30. The molecule has 1 atom stereocenters. The zero-order valence-corrected chi connectivity index (χ0v) is 19.6. The van der Waals surface area contributed by atoms with Gasteiger partial charge in [0, 0.05) is 13.2 Å². The van der Waals surface area contributed by atoms with E-state index in [-0.39, 0.29) is 0 Å². The van der Waals surface area contributed by atoms with E-state index in [0.717, 1.165) is 25.9 Å². The molecule has 6 heteroatoms. The third kappa shape index (κ3) is 21.1.